The number of piperidine rings is 1. The van der Waals surface area contributed by atoms with Gasteiger partial charge in [-0.3, -0.25) is 4.79 Å². The minimum Gasteiger partial charge on any atom is -0.491 e. The number of amides is 2. The topological polar surface area (TPSA) is 78.9 Å². The first-order chi connectivity index (χ1) is 11.4. The predicted octanol–water partition coefficient (Wildman–Crippen LogP) is 3.04. The van der Waals surface area contributed by atoms with Gasteiger partial charge in [-0.25, -0.2) is 4.79 Å². The van der Waals surface area contributed by atoms with Crippen molar-refractivity contribution in [2.24, 2.45) is 5.92 Å². The first kappa shape index (κ1) is 18.1. The molecule has 0 bridgehead atoms. The molecule has 1 aromatic rings. The number of carboxylic acid groups (broad SMARTS) is 1. The molecule has 2 N–H and O–H groups in total. The minimum atomic E-state index is -0.832. The van der Waals surface area contributed by atoms with Crippen molar-refractivity contribution in [1.29, 1.82) is 0 Å². The van der Waals surface area contributed by atoms with Crippen molar-refractivity contribution in [1.82, 2.24) is 10.2 Å². The zero-order valence-corrected chi connectivity index (χ0v) is 14.5. The normalized spacial score (nSPS) is 19.0. The van der Waals surface area contributed by atoms with Crippen molar-refractivity contribution in [3.63, 3.8) is 0 Å². The lowest BCUT2D eigenvalue weighted by atomic mass is 9.98. The monoisotopic (exact) mass is 334 g/mol. The third kappa shape index (κ3) is 4.88. The summed E-state index contributed by atoms with van der Waals surface area (Å²) in [5, 5.41) is 12.1. The van der Waals surface area contributed by atoms with Crippen molar-refractivity contribution in [3.8, 4) is 5.75 Å². The molecule has 2 atom stereocenters. The van der Waals surface area contributed by atoms with E-state index in [9.17, 15) is 9.59 Å². The number of ether oxygens (including phenoxy) is 1. The summed E-state index contributed by atoms with van der Waals surface area (Å²) in [5.74, 6) is -0.499. The van der Waals surface area contributed by atoms with Crippen LogP contribution in [0.15, 0.2) is 24.3 Å². The Balaban J connectivity index is 1.92. The fourth-order valence-corrected chi connectivity index (χ4v) is 2.83. The molecule has 132 valence electrons. The Bertz CT molecular complexity index is 571. The number of aliphatic carboxylic acids is 1. The van der Waals surface area contributed by atoms with Crippen LogP contribution in [-0.2, 0) is 4.79 Å². The quantitative estimate of drug-likeness (QED) is 0.867. The zero-order chi connectivity index (χ0) is 17.7. The van der Waals surface area contributed by atoms with E-state index in [0.717, 1.165) is 17.7 Å². The highest BCUT2D eigenvalue weighted by molar-refractivity contribution is 5.77. The maximum atomic E-state index is 12.4. The zero-order valence-electron chi connectivity index (χ0n) is 14.5. The molecule has 0 radical (unpaired) electrons. The van der Waals surface area contributed by atoms with Crippen LogP contribution in [0.2, 0.25) is 0 Å². The van der Waals surface area contributed by atoms with Crippen LogP contribution in [0, 0.1) is 5.92 Å². The van der Waals surface area contributed by atoms with E-state index in [2.05, 4.69) is 5.32 Å². The number of urea groups is 1. The molecule has 2 amide bonds. The Morgan fingerprint density at radius 1 is 1.25 bits per heavy atom. The van der Waals surface area contributed by atoms with Crippen molar-refractivity contribution in [2.75, 3.05) is 13.1 Å². The predicted molar refractivity (Wildman–Crippen MR) is 91.1 cm³/mol. The number of hydrogen-bond donors (Lipinski definition) is 2. The van der Waals surface area contributed by atoms with Gasteiger partial charge in [-0.1, -0.05) is 12.1 Å². The number of carbonyl (C=O) groups excluding carboxylic acids is 1. The molecule has 0 spiro atoms. The molecule has 1 saturated heterocycles. The molecule has 0 saturated carbocycles. The number of likely N-dealkylation sites (tertiary alicyclic amines) is 1. The van der Waals surface area contributed by atoms with Gasteiger partial charge in [0, 0.05) is 13.1 Å². The average molecular weight is 334 g/mol. The van der Waals surface area contributed by atoms with Crippen LogP contribution >= 0.6 is 0 Å². The Kier molecular flexibility index (Phi) is 6.06. The van der Waals surface area contributed by atoms with E-state index in [1.807, 2.05) is 45.0 Å². The van der Waals surface area contributed by atoms with Crippen LogP contribution in [0.4, 0.5) is 4.79 Å². The lowest BCUT2D eigenvalue weighted by Gasteiger charge is -2.31. The number of nitrogens with zero attached hydrogens (tertiary/aromatic N) is 1. The summed E-state index contributed by atoms with van der Waals surface area (Å²) in [5.41, 5.74) is 0.978. The van der Waals surface area contributed by atoms with E-state index in [0.29, 0.717) is 13.0 Å². The summed E-state index contributed by atoms with van der Waals surface area (Å²) in [7, 11) is 0. The molecule has 1 heterocycles. The largest absolute Gasteiger partial charge is 0.491 e. The molecule has 0 aromatic heterocycles. The third-order valence-corrected chi connectivity index (χ3v) is 4.15. The van der Waals surface area contributed by atoms with Gasteiger partial charge in [-0.15, -0.1) is 0 Å². The van der Waals surface area contributed by atoms with Gasteiger partial charge in [-0.05, 0) is 51.3 Å². The van der Waals surface area contributed by atoms with Crippen LogP contribution in [0.3, 0.4) is 0 Å². The smallest absolute Gasteiger partial charge is 0.317 e. The van der Waals surface area contributed by atoms with Crippen LogP contribution < -0.4 is 10.1 Å². The van der Waals surface area contributed by atoms with Gasteiger partial charge in [0.15, 0.2) is 0 Å². The summed E-state index contributed by atoms with van der Waals surface area (Å²) < 4.78 is 5.61. The van der Waals surface area contributed by atoms with Crippen LogP contribution in [0.1, 0.15) is 45.2 Å². The standard InChI is InChI=1S/C18H26N2O4/c1-12(2)24-16-8-6-14(7-9-16)13(3)19-18(23)20-10-4-5-15(11-20)17(21)22/h6-9,12-13,15H,4-5,10-11H2,1-3H3,(H,19,23)(H,21,22). The number of nitrogens with one attached hydrogen (secondary N) is 1. The van der Waals surface area contributed by atoms with E-state index in [-0.39, 0.29) is 24.7 Å². The number of carboxylic acids is 1. The molecule has 0 aliphatic carbocycles. The Labute approximate surface area is 142 Å². The number of carbonyl (C=O) groups is 2. The van der Waals surface area contributed by atoms with E-state index in [1.54, 1.807) is 4.90 Å². The summed E-state index contributed by atoms with van der Waals surface area (Å²) in [6.45, 7) is 6.73. The maximum Gasteiger partial charge on any atom is 0.317 e. The highest BCUT2D eigenvalue weighted by Crippen LogP contribution is 2.20. The van der Waals surface area contributed by atoms with Gasteiger partial charge in [-0.2, -0.15) is 0 Å². The molecule has 1 aliphatic heterocycles. The molecule has 6 heteroatoms. The second kappa shape index (κ2) is 8.04. The van der Waals surface area contributed by atoms with Crippen molar-refractivity contribution in [3.05, 3.63) is 29.8 Å². The summed E-state index contributed by atoms with van der Waals surface area (Å²) >= 11 is 0. The van der Waals surface area contributed by atoms with Gasteiger partial charge < -0.3 is 20.1 Å². The van der Waals surface area contributed by atoms with E-state index in [1.165, 1.54) is 0 Å². The molecule has 1 fully saturated rings. The molecular formula is C18H26N2O4. The summed E-state index contributed by atoms with van der Waals surface area (Å²) in [6, 6.07) is 7.27. The molecule has 1 aliphatic rings. The maximum absolute atomic E-state index is 12.4. The van der Waals surface area contributed by atoms with Gasteiger partial charge in [0.1, 0.15) is 5.75 Å². The summed E-state index contributed by atoms with van der Waals surface area (Å²) in [6.07, 6.45) is 1.47. The fourth-order valence-electron chi connectivity index (χ4n) is 2.83. The van der Waals surface area contributed by atoms with Gasteiger partial charge in [0.25, 0.3) is 0 Å². The minimum absolute atomic E-state index is 0.120. The lowest BCUT2D eigenvalue weighted by molar-refractivity contribution is -0.143. The molecule has 24 heavy (non-hydrogen) atoms. The summed E-state index contributed by atoms with van der Waals surface area (Å²) in [4.78, 5) is 25.1. The van der Waals surface area contributed by atoms with Gasteiger partial charge >= 0.3 is 12.0 Å². The molecular weight excluding hydrogens is 308 g/mol. The van der Waals surface area contributed by atoms with Crippen molar-refractivity contribution in [2.45, 2.75) is 45.8 Å². The molecule has 6 nitrogen and oxygen atoms in total. The second-order valence-electron chi connectivity index (χ2n) is 6.53. The highest BCUT2D eigenvalue weighted by atomic mass is 16.5. The Morgan fingerprint density at radius 2 is 1.92 bits per heavy atom. The number of rotatable bonds is 5. The fraction of sp³-hybridized carbons (Fsp3) is 0.556. The second-order valence-corrected chi connectivity index (χ2v) is 6.53. The van der Waals surface area contributed by atoms with E-state index in [4.69, 9.17) is 9.84 Å². The van der Waals surface area contributed by atoms with Gasteiger partial charge in [0.2, 0.25) is 0 Å². The average Bonchev–Trinajstić information content (AvgIpc) is 2.55. The first-order valence-electron chi connectivity index (χ1n) is 8.41. The molecule has 2 unspecified atom stereocenters. The Hall–Kier alpha value is -2.24. The first-order valence-corrected chi connectivity index (χ1v) is 8.41. The van der Waals surface area contributed by atoms with Crippen LogP contribution in [0.5, 0.6) is 5.75 Å². The third-order valence-electron chi connectivity index (χ3n) is 4.15. The Morgan fingerprint density at radius 3 is 2.50 bits per heavy atom. The van der Waals surface area contributed by atoms with E-state index >= 15 is 0 Å². The molecule has 1 aromatic carbocycles. The van der Waals surface area contributed by atoms with Crippen LogP contribution in [-0.4, -0.2) is 41.2 Å². The number of benzene rings is 1. The van der Waals surface area contributed by atoms with Crippen molar-refractivity contribution >= 4 is 12.0 Å². The van der Waals surface area contributed by atoms with Crippen LogP contribution in [0.25, 0.3) is 0 Å². The highest BCUT2D eigenvalue weighted by Gasteiger charge is 2.28. The number of hydrogen-bond acceptors (Lipinski definition) is 3. The molecule has 2 rings (SSSR count). The van der Waals surface area contributed by atoms with E-state index < -0.39 is 11.9 Å². The van der Waals surface area contributed by atoms with Gasteiger partial charge in [0.05, 0.1) is 18.1 Å². The SMILES string of the molecule is CC(C)Oc1ccc(C(C)NC(=O)N2CCCC(C(=O)O)C2)cc1. The van der Waals surface area contributed by atoms with Crippen molar-refractivity contribution < 1.29 is 19.4 Å². The lowest BCUT2D eigenvalue weighted by Crippen LogP contribution is -2.47.